The largest absolute Gasteiger partial charge is 0.367 e. The van der Waals surface area contributed by atoms with Gasteiger partial charge in [-0.3, -0.25) is 5.32 Å². The Morgan fingerprint density at radius 3 is 2.64 bits per heavy atom. The Balaban J connectivity index is 1.62. The molecule has 0 atom stereocenters. The summed E-state index contributed by atoms with van der Waals surface area (Å²) in [4.78, 5) is 17.8. The van der Waals surface area contributed by atoms with Crippen LogP contribution in [0.3, 0.4) is 0 Å². The van der Waals surface area contributed by atoms with Crippen LogP contribution < -0.4 is 10.6 Å². The fourth-order valence-electron chi connectivity index (χ4n) is 2.67. The summed E-state index contributed by atoms with van der Waals surface area (Å²) in [5.41, 5.74) is 2.38. The van der Waals surface area contributed by atoms with Crippen molar-refractivity contribution in [3.63, 3.8) is 0 Å². The predicted octanol–water partition coefficient (Wildman–Crippen LogP) is 2.20. The first-order valence-electron chi connectivity index (χ1n) is 8.77. The average Bonchev–Trinajstić information content (AvgIpc) is 3.06. The van der Waals surface area contributed by atoms with Gasteiger partial charge < -0.3 is 10.1 Å². The van der Waals surface area contributed by atoms with E-state index in [0.29, 0.717) is 31.5 Å². The number of ether oxygens (including phenoxy) is 1. The van der Waals surface area contributed by atoms with Crippen molar-refractivity contribution in [2.75, 3.05) is 25.2 Å². The van der Waals surface area contributed by atoms with Crippen molar-refractivity contribution >= 4 is 5.82 Å². The van der Waals surface area contributed by atoms with Crippen LogP contribution in [0.15, 0.2) is 18.5 Å². The zero-order chi connectivity index (χ0) is 17.7. The highest BCUT2D eigenvalue weighted by atomic mass is 16.5. The minimum Gasteiger partial charge on any atom is -0.367 e. The van der Waals surface area contributed by atoms with Gasteiger partial charge in [0.15, 0.2) is 11.6 Å². The van der Waals surface area contributed by atoms with Gasteiger partial charge in [0.25, 0.3) is 0 Å². The maximum atomic E-state index is 5.62. The molecular formula is C18H26N6O. The highest BCUT2D eigenvalue weighted by Crippen LogP contribution is 2.28. The molecule has 134 valence electrons. The SMILES string of the molecule is CC(C)(C)NCOCCNc1nc(-c2ncccn2)nc2c1CCC2. The number of hydrogen-bond donors (Lipinski definition) is 2. The van der Waals surface area contributed by atoms with Crippen LogP contribution in [0, 0.1) is 0 Å². The van der Waals surface area contributed by atoms with Crippen molar-refractivity contribution in [3.05, 3.63) is 29.7 Å². The molecule has 25 heavy (non-hydrogen) atoms. The van der Waals surface area contributed by atoms with Gasteiger partial charge in [-0.05, 0) is 46.1 Å². The quantitative estimate of drug-likeness (QED) is 0.589. The molecule has 0 aromatic carbocycles. The number of rotatable bonds is 7. The monoisotopic (exact) mass is 342 g/mol. The van der Waals surface area contributed by atoms with Crippen LogP contribution in [0.1, 0.15) is 38.4 Å². The van der Waals surface area contributed by atoms with E-state index in [1.807, 2.05) is 0 Å². The van der Waals surface area contributed by atoms with Gasteiger partial charge in [0, 0.05) is 35.7 Å². The molecule has 2 N–H and O–H groups in total. The van der Waals surface area contributed by atoms with Gasteiger partial charge >= 0.3 is 0 Å². The van der Waals surface area contributed by atoms with Crippen LogP contribution >= 0.6 is 0 Å². The highest BCUT2D eigenvalue weighted by Gasteiger charge is 2.20. The molecule has 0 unspecified atom stereocenters. The zero-order valence-electron chi connectivity index (χ0n) is 15.2. The van der Waals surface area contributed by atoms with Crippen LogP contribution in [-0.2, 0) is 17.6 Å². The van der Waals surface area contributed by atoms with Gasteiger partial charge in [-0.2, -0.15) is 0 Å². The summed E-state index contributed by atoms with van der Waals surface area (Å²) in [5, 5.41) is 6.69. The van der Waals surface area contributed by atoms with Crippen molar-refractivity contribution < 1.29 is 4.74 Å². The molecule has 1 aliphatic carbocycles. The fraction of sp³-hybridized carbons (Fsp3) is 0.556. The normalized spacial score (nSPS) is 13.7. The number of fused-ring (bicyclic) bond motifs is 1. The second-order valence-electron chi connectivity index (χ2n) is 7.15. The molecule has 2 aromatic heterocycles. The van der Waals surface area contributed by atoms with Crippen LogP contribution in [0.5, 0.6) is 0 Å². The van der Waals surface area contributed by atoms with Gasteiger partial charge in [-0.15, -0.1) is 0 Å². The van der Waals surface area contributed by atoms with E-state index in [-0.39, 0.29) is 5.54 Å². The third-order valence-corrected chi connectivity index (χ3v) is 3.94. The number of aromatic nitrogens is 4. The minimum atomic E-state index is 0.0610. The third kappa shape index (κ3) is 4.93. The van der Waals surface area contributed by atoms with E-state index >= 15 is 0 Å². The minimum absolute atomic E-state index is 0.0610. The molecule has 0 saturated carbocycles. The number of hydrogen-bond acceptors (Lipinski definition) is 7. The lowest BCUT2D eigenvalue weighted by Gasteiger charge is -2.20. The molecule has 0 bridgehead atoms. The number of nitrogens with one attached hydrogen (secondary N) is 2. The van der Waals surface area contributed by atoms with Crippen molar-refractivity contribution in [1.82, 2.24) is 25.3 Å². The molecular weight excluding hydrogens is 316 g/mol. The first-order valence-corrected chi connectivity index (χ1v) is 8.77. The Morgan fingerprint density at radius 2 is 1.88 bits per heavy atom. The molecule has 2 aromatic rings. The molecule has 0 amide bonds. The lowest BCUT2D eigenvalue weighted by atomic mass is 10.1. The lowest BCUT2D eigenvalue weighted by Crippen LogP contribution is -2.37. The van der Waals surface area contributed by atoms with Gasteiger partial charge in [0.05, 0.1) is 13.3 Å². The molecule has 0 spiro atoms. The second kappa shape index (κ2) is 7.84. The topological polar surface area (TPSA) is 84.9 Å². The molecule has 0 saturated heterocycles. The van der Waals surface area contributed by atoms with Crippen molar-refractivity contribution in [3.8, 4) is 11.6 Å². The highest BCUT2D eigenvalue weighted by molar-refractivity contribution is 5.55. The van der Waals surface area contributed by atoms with Gasteiger partial charge in [-0.1, -0.05) is 0 Å². The standard InChI is InChI=1S/C18H26N6O/c1-18(2,3)22-12-25-11-10-21-15-13-6-4-7-14(13)23-17(24-15)16-19-8-5-9-20-16/h5,8-9,22H,4,6-7,10-12H2,1-3H3,(H,21,23,24). The van der Waals surface area contributed by atoms with E-state index in [2.05, 4.69) is 51.3 Å². The van der Waals surface area contributed by atoms with E-state index in [0.717, 1.165) is 30.8 Å². The van der Waals surface area contributed by atoms with Gasteiger partial charge in [-0.25, -0.2) is 19.9 Å². The summed E-state index contributed by atoms with van der Waals surface area (Å²) in [6.07, 6.45) is 6.53. The Morgan fingerprint density at radius 1 is 1.08 bits per heavy atom. The van der Waals surface area contributed by atoms with Crippen molar-refractivity contribution in [2.45, 2.75) is 45.6 Å². The van der Waals surface area contributed by atoms with Crippen LogP contribution in [0.2, 0.25) is 0 Å². The number of anilines is 1. The molecule has 2 heterocycles. The molecule has 1 aliphatic rings. The molecule has 0 aliphatic heterocycles. The first kappa shape index (κ1) is 17.7. The zero-order valence-corrected chi connectivity index (χ0v) is 15.2. The van der Waals surface area contributed by atoms with Crippen molar-refractivity contribution in [1.29, 1.82) is 0 Å². The lowest BCUT2D eigenvalue weighted by molar-refractivity contribution is 0.106. The smallest absolute Gasteiger partial charge is 0.199 e. The van der Waals surface area contributed by atoms with Gasteiger partial charge in [0.2, 0.25) is 0 Å². The molecule has 3 rings (SSSR count). The van der Waals surface area contributed by atoms with E-state index in [4.69, 9.17) is 4.74 Å². The molecule has 0 fully saturated rings. The Labute approximate surface area is 148 Å². The maximum absolute atomic E-state index is 5.62. The summed E-state index contributed by atoms with van der Waals surface area (Å²) in [7, 11) is 0. The first-order chi connectivity index (χ1) is 12.0. The average molecular weight is 342 g/mol. The van der Waals surface area contributed by atoms with Crippen LogP contribution in [0.25, 0.3) is 11.6 Å². The van der Waals surface area contributed by atoms with E-state index in [1.54, 1.807) is 18.5 Å². The van der Waals surface area contributed by atoms with Gasteiger partial charge in [0.1, 0.15) is 5.82 Å². The Bertz CT molecular complexity index is 699. The van der Waals surface area contributed by atoms with E-state index < -0.39 is 0 Å². The summed E-state index contributed by atoms with van der Waals surface area (Å²) < 4.78 is 5.62. The number of nitrogens with zero attached hydrogens (tertiary/aromatic N) is 4. The fourth-order valence-corrected chi connectivity index (χ4v) is 2.67. The molecule has 7 heteroatoms. The van der Waals surface area contributed by atoms with Crippen molar-refractivity contribution in [2.24, 2.45) is 0 Å². The predicted molar refractivity (Wildman–Crippen MR) is 97.3 cm³/mol. The summed E-state index contributed by atoms with van der Waals surface area (Å²) in [6, 6.07) is 1.79. The molecule has 7 nitrogen and oxygen atoms in total. The molecule has 0 radical (unpaired) electrons. The van der Waals surface area contributed by atoms with E-state index in [1.165, 1.54) is 5.56 Å². The van der Waals surface area contributed by atoms with Crippen LogP contribution in [-0.4, -0.2) is 45.4 Å². The van der Waals surface area contributed by atoms with E-state index in [9.17, 15) is 0 Å². The van der Waals surface area contributed by atoms with Crippen LogP contribution in [0.4, 0.5) is 5.82 Å². The maximum Gasteiger partial charge on any atom is 0.199 e. The Hall–Kier alpha value is -2.12. The summed E-state index contributed by atoms with van der Waals surface area (Å²) in [5.74, 6) is 2.03. The number of aryl methyl sites for hydroxylation is 1. The Kier molecular flexibility index (Phi) is 5.55. The second-order valence-corrected chi connectivity index (χ2v) is 7.15. The summed E-state index contributed by atoms with van der Waals surface area (Å²) in [6.45, 7) is 8.20. The third-order valence-electron chi connectivity index (χ3n) is 3.94. The summed E-state index contributed by atoms with van der Waals surface area (Å²) >= 11 is 0.